The van der Waals surface area contributed by atoms with Crippen molar-refractivity contribution in [2.75, 3.05) is 6.61 Å². The van der Waals surface area contributed by atoms with Gasteiger partial charge in [0.15, 0.2) is 0 Å². The normalized spacial score (nSPS) is 12.8. The van der Waals surface area contributed by atoms with Crippen molar-refractivity contribution in [2.24, 2.45) is 5.92 Å². The first-order valence-corrected chi connectivity index (χ1v) is 6.16. The molecule has 96 valence electrons. The van der Waals surface area contributed by atoms with Crippen molar-refractivity contribution < 1.29 is 9.53 Å². The molecule has 0 aromatic carbocycles. The zero-order chi connectivity index (χ0) is 12.8. The van der Waals surface area contributed by atoms with Crippen molar-refractivity contribution >= 4 is 5.97 Å². The molecule has 0 radical (unpaired) electrons. The molecular formula is C12H21N3O2. The first-order chi connectivity index (χ1) is 8.11. The third-order valence-electron chi connectivity index (χ3n) is 2.61. The SMILES string of the molecule is CCCn1nncc1C(C(=O)OCC)C(C)C. The van der Waals surface area contributed by atoms with E-state index in [1.165, 1.54) is 0 Å². The standard InChI is InChI=1S/C12H21N3O2/c1-5-7-15-10(8-13-14-15)11(9(3)4)12(16)17-6-2/h8-9,11H,5-7H2,1-4H3. The molecule has 0 spiro atoms. The molecule has 0 amide bonds. The Labute approximate surface area is 102 Å². The summed E-state index contributed by atoms with van der Waals surface area (Å²) >= 11 is 0. The third kappa shape index (κ3) is 3.28. The van der Waals surface area contributed by atoms with Gasteiger partial charge in [0.05, 0.1) is 18.5 Å². The van der Waals surface area contributed by atoms with Crippen LogP contribution in [0.1, 0.15) is 45.7 Å². The van der Waals surface area contributed by atoms with Gasteiger partial charge in [-0.3, -0.25) is 4.79 Å². The second kappa shape index (κ2) is 6.37. The van der Waals surface area contributed by atoms with Crippen LogP contribution in [-0.4, -0.2) is 27.6 Å². The molecule has 5 heteroatoms. The molecule has 0 saturated heterocycles. The van der Waals surface area contributed by atoms with Gasteiger partial charge in [-0.25, -0.2) is 4.68 Å². The Morgan fingerprint density at radius 2 is 2.18 bits per heavy atom. The molecule has 0 fully saturated rings. The molecule has 1 aromatic heterocycles. The number of nitrogens with zero attached hydrogens (tertiary/aromatic N) is 3. The summed E-state index contributed by atoms with van der Waals surface area (Å²) in [5.41, 5.74) is 0.848. The van der Waals surface area contributed by atoms with Gasteiger partial charge < -0.3 is 4.74 Å². The number of hydrogen-bond donors (Lipinski definition) is 0. The van der Waals surface area contributed by atoms with Crippen molar-refractivity contribution in [3.63, 3.8) is 0 Å². The minimum absolute atomic E-state index is 0.170. The van der Waals surface area contributed by atoms with Crippen molar-refractivity contribution in [2.45, 2.75) is 46.6 Å². The minimum Gasteiger partial charge on any atom is -0.465 e. The average molecular weight is 239 g/mol. The molecule has 0 saturated carbocycles. The van der Waals surface area contributed by atoms with Gasteiger partial charge in [0.2, 0.25) is 0 Å². The Morgan fingerprint density at radius 3 is 2.71 bits per heavy atom. The van der Waals surface area contributed by atoms with Crippen LogP contribution in [0.3, 0.4) is 0 Å². The van der Waals surface area contributed by atoms with Gasteiger partial charge in [-0.2, -0.15) is 0 Å². The number of aryl methyl sites for hydroxylation is 1. The van der Waals surface area contributed by atoms with Crippen LogP contribution in [0, 0.1) is 5.92 Å². The number of aromatic nitrogens is 3. The zero-order valence-electron chi connectivity index (χ0n) is 11.0. The molecule has 0 bridgehead atoms. The molecular weight excluding hydrogens is 218 g/mol. The fourth-order valence-electron chi connectivity index (χ4n) is 1.86. The molecule has 1 rings (SSSR count). The highest BCUT2D eigenvalue weighted by molar-refractivity contribution is 5.77. The maximum atomic E-state index is 11.9. The maximum Gasteiger partial charge on any atom is 0.315 e. The topological polar surface area (TPSA) is 57.0 Å². The Morgan fingerprint density at radius 1 is 1.47 bits per heavy atom. The number of hydrogen-bond acceptors (Lipinski definition) is 4. The second-order valence-corrected chi connectivity index (χ2v) is 4.36. The van der Waals surface area contributed by atoms with Gasteiger partial charge in [0, 0.05) is 6.54 Å². The summed E-state index contributed by atoms with van der Waals surface area (Å²) < 4.78 is 6.91. The third-order valence-corrected chi connectivity index (χ3v) is 2.61. The largest absolute Gasteiger partial charge is 0.465 e. The lowest BCUT2D eigenvalue weighted by Crippen LogP contribution is -2.24. The predicted octanol–water partition coefficient (Wildman–Crippen LogP) is 1.99. The Kier molecular flexibility index (Phi) is 5.12. The highest BCUT2D eigenvalue weighted by atomic mass is 16.5. The van der Waals surface area contributed by atoms with Gasteiger partial charge in [0.25, 0.3) is 0 Å². The van der Waals surface area contributed by atoms with E-state index in [2.05, 4.69) is 17.2 Å². The highest BCUT2D eigenvalue weighted by Gasteiger charge is 2.29. The molecule has 0 aliphatic heterocycles. The molecule has 1 aromatic rings. The van der Waals surface area contributed by atoms with Crippen molar-refractivity contribution in [1.29, 1.82) is 0 Å². The van der Waals surface area contributed by atoms with E-state index in [1.807, 2.05) is 20.8 Å². The summed E-state index contributed by atoms with van der Waals surface area (Å²) in [7, 11) is 0. The Balaban J connectivity index is 2.97. The molecule has 1 heterocycles. The first-order valence-electron chi connectivity index (χ1n) is 6.16. The van der Waals surface area contributed by atoms with Crippen LogP contribution in [0.2, 0.25) is 0 Å². The number of esters is 1. The van der Waals surface area contributed by atoms with Crippen LogP contribution in [0.25, 0.3) is 0 Å². The predicted molar refractivity (Wildman–Crippen MR) is 64.5 cm³/mol. The van der Waals surface area contributed by atoms with Crippen LogP contribution in [0.4, 0.5) is 0 Å². The van der Waals surface area contributed by atoms with E-state index in [0.29, 0.717) is 6.61 Å². The van der Waals surface area contributed by atoms with E-state index < -0.39 is 0 Å². The zero-order valence-corrected chi connectivity index (χ0v) is 11.0. The van der Waals surface area contributed by atoms with E-state index in [0.717, 1.165) is 18.7 Å². The lowest BCUT2D eigenvalue weighted by Gasteiger charge is -2.19. The van der Waals surface area contributed by atoms with Gasteiger partial charge in [-0.05, 0) is 19.3 Å². The molecule has 0 N–H and O–H groups in total. The Hall–Kier alpha value is -1.39. The quantitative estimate of drug-likeness (QED) is 0.712. The van der Waals surface area contributed by atoms with E-state index in [9.17, 15) is 4.79 Å². The minimum atomic E-state index is -0.281. The van der Waals surface area contributed by atoms with E-state index in [4.69, 9.17) is 4.74 Å². The van der Waals surface area contributed by atoms with Gasteiger partial charge in [0.1, 0.15) is 5.92 Å². The van der Waals surface area contributed by atoms with Gasteiger partial charge in [-0.1, -0.05) is 26.0 Å². The number of carbonyl (C=O) groups excluding carboxylic acids is 1. The summed E-state index contributed by atoms with van der Waals surface area (Å²) in [5.74, 6) is -0.304. The molecule has 17 heavy (non-hydrogen) atoms. The first kappa shape index (κ1) is 13.7. The number of ether oxygens (including phenoxy) is 1. The van der Waals surface area contributed by atoms with Crippen LogP contribution in [0.15, 0.2) is 6.20 Å². The fourth-order valence-corrected chi connectivity index (χ4v) is 1.86. The monoisotopic (exact) mass is 239 g/mol. The molecule has 1 unspecified atom stereocenters. The Bertz CT molecular complexity index is 360. The summed E-state index contributed by atoms with van der Waals surface area (Å²) in [4.78, 5) is 11.9. The summed E-state index contributed by atoms with van der Waals surface area (Å²) in [6.07, 6.45) is 2.63. The summed E-state index contributed by atoms with van der Waals surface area (Å²) in [6, 6.07) is 0. The lowest BCUT2D eigenvalue weighted by atomic mass is 9.93. The average Bonchev–Trinajstić information content (AvgIpc) is 2.67. The van der Waals surface area contributed by atoms with E-state index in [-0.39, 0.29) is 17.8 Å². The smallest absolute Gasteiger partial charge is 0.315 e. The maximum absolute atomic E-state index is 11.9. The molecule has 1 atom stereocenters. The number of carbonyl (C=O) groups is 1. The van der Waals surface area contributed by atoms with E-state index in [1.54, 1.807) is 10.9 Å². The van der Waals surface area contributed by atoms with Crippen LogP contribution in [0.5, 0.6) is 0 Å². The summed E-state index contributed by atoms with van der Waals surface area (Å²) in [5, 5.41) is 7.90. The second-order valence-electron chi connectivity index (χ2n) is 4.36. The molecule has 0 aliphatic rings. The molecule has 0 aliphatic carbocycles. The fraction of sp³-hybridized carbons (Fsp3) is 0.750. The summed E-state index contributed by atoms with van der Waals surface area (Å²) in [6.45, 7) is 9.07. The van der Waals surface area contributed by atoms with Gasteiger partial charge in [-0.15, -0.1) is 5.10 Å². The van der Waals surface area contributed by atoms with Crippen LogP contribution in [-0.2, 0) is 16.1 Å². The molecule has 5 nitrogen and oxygen atoms in total. The van der Waals surface area contributed by atoms with E-state index >= 15 is 0 Å². The van der Waals surface area contributed by atoms with Crippen LogP contribution >= 0.6 is 0 Å². The van der Waals surface area contributed by atoms with Gasteiger partial charge >= 0.3 is 5.97 Å². The lowest BCUT2D eigenvalue weighted by molar-refractivity contribution is -0.146. The van der Waals surface area contributed by atoms with Crippen molar-refractivity contribution in [3.8, 4) is 0 Å². The van der Waals surface area contributed by atoms with Crippen molar-refractivity contribution in [3.05, 3.63) is 11.9 Å². The highest BCUT2D eigenvalue weighted by Crippen LogP contribution is 2.25. The number of rotatable bonds is 6. The van der Waals surface area contributed by atoms with Crippen LogP contribution < -0.4 is 0 Å². The van der Waals surface area contributed by atoms with Crippen molar-refractivity contribution in [1.82, 2.24) is 15.0 Å².